The van der Waals surface area contributed by atoms with Gasteiger partial charge in [0.15, 0.2) is 0 Å². The third kappa shape index (κ3) is 2.72. The number of pyridine rings is 1. The van der Waals surface area contributed by atoms with E-state index in [1.807, 2.05) is 6.20 Å². The van der Waals surface area contributed by atoms with Gasteiger partial charge in [-0.05, 0) is 17.7 Å². The minimum absolute atomic E-state index is 1.01. The van der Waals surface area contributed by atoms with Gasteiger partial charge in [0.1, 0.15) is 5.82 Å². The molecule has 0 amide bonds. The van der Waals surface area contributed by atoms with Crippen LogP contribution in [0.25, 0.3) is 21.8 Å². The topological polar surface area (TPSA) is 35.2 Å². The smallest absolute Gasteiger partial charge is 0.138 e. The van der Waals surface area contributed by atoms with Crippen molar-refractivity contribution in [1.82, 2.24) is 14.9 Å². The van der Waals surface area contributed by atoms with Crippen molar-refractivity contribution in [2.45, 2.75) is 6.54 Å². The summed E-state index contributed by atoms with van der Waals surface area (Å²) >= 11 is 0. The molecule has 1 aliphatic heterocycles. The first-order chi connectivity index (χ1) is 12.9. The van der Waals surface area contributed by atoms with Gasteiger partial charge in [-0.3, -0.25) is 4.90 Å². The molecule has 2 aromatic heterocycles. The minimum atomic E-state index is 1.01. The van der Waals surface area contributed by atoms with Crippen LogP contribution in [0.2, 0.25) is 0 Å². The zero-order valence-corrected chi connectivity index (χ0v) is 14.7. The van der Waals surface area contributed by atoms with Gasteiger partial charge in [-0.25, -0.2) is 4.98 Å². The van der Waals surface area contributed by atoms with Crippen LogP contribution < -0.4 is 4.90 Å². The number of fused-ring (bicyclic) bond motifs is 3. The van der Waals surface area contributed by atoms with Crippen LogP contribution in [0.4, 0.5) is 5.82 Å². The summed E-state index contributed by atoms with van der Waals surface area (Å²) in [6.45, 7) is 5.18. The molecule has 3 heterocycles. The van der Waals surface area contributed by atoms with Gasteiger partial charge in [0.05, 0.1) is 11.0 Å². The Bertz CT molecular complexity index is 1030. The predicted octanol–water partition coefficient (Wildman–Crippen LogP) is 4.04. The molecule has 1 saturated heterocycles. The third-order valence-corrected chi connectivity index (χ3v) is 5.31. The Morgan fingerprint density at radius 1 is 0.808 bits per heavy atom. The van der Waals surface area contributed by atoms with Gasteiger partial charge in [-0.15, -0.1) is 0 Å². The number of hydrogen-bond acceptors (Lipinski definition) is 3. The second-order valence-electron chi connectivity index (χ2n) is 6.97. The largest absolute Gasteiger partial charge is 0.361 e. The van der Waals surface area contributed by atoms with Gasteiger partial charge in [0.2, 0.25) is 0 Å². The van der Waals surface area contributed by atoms with Crippen molar-refractivity contribution < 1.29 is 0 Å². The SMILES string of the molecule is c1ccc(CN2CCN(c3nc4ccccc4c4[nH]ccc34)CC2)cc1. The van der Waals surface area contributed by atoms with Crippen LogP contribution in [0.1, 0.15) is 5.56 Å². The molecule has 0 bridgehead atoms. The summed E-state index contributed by atoms with van der Waals surface area (Å²) in [6, 6.07) is 21.3. The second kappa shape index (κ2) is 6.46. The Labute approximate surface area is 153 Å². The molecule has 2 aromatic carbocycles. The van der Waals surface area contributed by atoms with Crippen LogP contribution in [0.3, 0.4) is 0 Å². The molecular formula is C22H22N4. The van der Waals surface area contributed by atoms with Crippen LogP contribution in [0.5, 0.6) is 0 Å². The summed E-state index contributed by atoms with van der Waals surface area (Å²) in [7, 11) is 0. The van der Waals surface area contributed by atoms with Crippen molar-refractivity contribution in [2.24, 2.45) is 0 Å². The van der Waals surface area contributed by atoms with E-state index in [4.69, 9.17) is 4.98 Å². The highest BCUT2D eigenvalue weighted by atomic mass is 15.3. The number of benzene rings is 2. The van der Waals surface area contributed by atoms with Crippen molar-refractivity contribution >= 4 is 27.6 Å². The molecule has 4 heteroatoms. The van der Waals surface area contributed by atoms with Gasteiger partial charge >= 0.3 is 0 Å². The Morgan fingerprint density at radius 2 is 1.58 bits per heavy atom. The molecule has 1 fully saturated rings. The highest BCUT2D eigenvalue weighted by molar-refractivity contribution is 6.08. The van der Waals surface area contributed by atoms with Crippen LogP contribution in [-0.2, 0) is 6.54 Å². The number of nitrogens with one attached hydrogen (secondary N) is 1. The standard InChI is InChI=1S/C22H22N4/c1-2-6-17(7-3-1)16-25-12-14-26(15-13-25)22-19-10-11-23-21(19)18-8-4-5-9-20(18)24-22/h1-11,23H,12-16H2. The van der Waals surface area contributed by atoms with Crippen molar-refractivity contribution in [2.75, 3.05) is 31.1 Å². The van der Waals surface area contributed by atoms with E-state index in [0.29, 0.717) is 0 Å². The number of nitrogens with zero attached hydrogens (tertiary/aromatic N) is 3. The molecule has 130 valence electrons. The number of piperazine rings is 1. The second-order valence-corrected chi connectivity index (χ2v) is 6.97. The highest BCUT2D eigenvalue weighted by Gasteiger charge is 2.21. The number of anilines is 1. The lowest BCUT2D eigenvalue weighted by Gasteiger charge is -2.35. The number of aromatic nitrogens is 2. The van der Waals surface area contributed by atoms with Crippen molar-refractivity contribution in [3.8, 4) is 0 Å². The predicted molar refractivity (Wildman–Crippen MR) is 108 cm³/mol. The Morgan fingerprint density at radius 3 is 2.42 bits per heavy atom. The normalized spacial score (nSPS) is 15.8. The molecule has 5 rings (SSSR count). The molecule has 1 N–H and O–H groups in total. The lowest BCUT2D eigenvalue weighted by molar-refractivity contribution is 0.249. The summed E-state index contributed by atoms with van der Waals surface area (Å²) in [5.74, 6) is 1.11. The van der Waals surface area contributed by atoms with Crippen LogP contribution in [0, 0.1) is 0 Å². The molecule has 1 aliphatic rings. The van der Waals surface area contributed by atoms with Crippen molar-refractivity contribution in [3.63, 3.8) is 0 Å². The van der Waals surface area contributed by atoms with Gasteiger partial charge in [-0.1, -0.05) is 48.5 Å². The van der Waals surface area contributed by atoms with Crippen LogP contribution in [-0.4, -0.2) is 41.0 Å². The Hall–Kier alpha value is -2.85. The van der Waals surface area contributed by atoms with E-state index >= 15 is 0 Å². The van der Waals surface area contributed by atoms with Gasteiger partial charge < -0.3 is 9.88 Å². The lowest BCUT2D eigenvalue weighted by Crippen LogP contribution is -2.46. The lowest BCUT2D eigenvalue weighted by atomic mass is 10.1. The molecule has 4 aromatic rings. The fourth-order valence-electron chi connectivity index (χ4n) is 3.94. The van der Waals surface area contributed by atoms with Crippen LogP contribution in [0.15, 0.2) is 66.9 Å². The molecule has 4 nitrogen and oxygen atoms in total. The number of para-hydroxylation sites is 1. The molecule has 26 heavy (non-hydrogen) atoms. The molecule has 0 unspecified atom stereocenters. The summed E-state index contributed by atoms with van der Waals surface area (Å²) in [6.07, 6.45) is 2.02. The molecule has 0 spiro atoms. The molecule has 0 atom stereocenters. The number of hydrogen-bond donors (Lipinski definition) is 1. The van der Waals surface area contributed by atoms with Crippen LogP contribution >= 0.6 is 0 Å². The fourth-order valence-corrected chi connectivity index (χ4v) is 3.94. The van der Waals surface area contributed by atoms with E-state index in [2.05, 4.69) is 75.4 Å². The maximum atomic E-state index is 5.00. The van der Waals surface area contributed by atoms with Crippen molar-refractivity contribution in [1.29, 1.82) is 0 Å². The molecular weight excluding hydrogens is 320 g/mol. The highest BCUT2D eigenvalue weighted by Crippen LogP contribution is 2.31. The monoisotopic (exact) mass is 342 g/mol. The summed E-state index contributed by atoms with van der Waals surface area (Å²) in [5.41, 5.74) is 3.64. The van der Waals surface area contributed by atoms with Gasteiger partial charge in [0.25, 0.3) is 0 Å². The van der Waals surface area contributed by atoms with Crippen molar-refractivity contribution in [3.05, 3.63) is 72.4 Å². The van der Waals surface area contributed by atoms with E-state index in [1.54, 1.807) is 0 Å². The number of aromatic amines is 1. The first kappa shape index (κ1) is 15.4. The Balaban J connectivity index is 1.40. The minimum Gasteiger partial charge on any atom is -0.361 e. The van der Waals surface area contributed by atoms with Gasteiger partial charge in [-0.2, -0.15) is 0 Å². The first-order valence-corrected chi connectivity index (χ1v) is 9.25. The average Bonchev–Trinajstić information content (AvgIpc) is 3.19. The molecule has 0 aliphatic carbocycles. The average molecular weight is 342 g/mol. The molecule has 0 saturated carbocycles. The van der Waals surface area contributed by atoms with E-state index in [0.717, 1.165) is 44.1 Å². The summed E-state index contributed by atoms with van der Waals surface area (Å²) < 4.78 is 0. The number of H-pyrrole nitrogens is 1. The first-order valence-electron chi connectivity index (χ1n) is 9.25. The fraction of sp³-hybridized carbons (Fsp3) is 0.227. The van der Waals surface area contributed by atoms with E-state index in [1.165, 1.54) is 21.9 Å². The van der Waals surface area contributed by atoms with Gasteiger partial charge in [0, 0.05) is 49.7 Å². The zero-order valence-electron chi connectivity index (χ0n) is 14.7. The quantitative estimate of drug-likeness (QED) is 0.610. The number of rotatable bonds is 3. The Kier molecular flexibility index (Phi) is 3.83. The maximum absolute atomic E-state index is 5.00. The van der Waals surface area contributed by atoms with E-state index in [-0.39, 0.29) is 0 Å². The van der Waals surface area contributed by atoms with E-state index in [9.17, 15) is 0 Å². The van der Waals surface area contributed by atoms with E-state index < -0.39 is 0 Å². The maximum Gasteiger partial charge on any atom is 0.138 e. The third-order valence-electron chi connectivity index (χ3n) is 5.31. The molecule has 0 radical (unpaired) electrons. The summed E-state index contributed by atoms with van der Waals surface area (Å²) in [5, 5.41) is 2.42. The summed E-state index contributed by atoms with van der Waals surface area (Å²) in [4.78, 5) is 13.4. The zero-order chi connectivity index (χ0) is 17.3.